The maximum atomic E-state index is 5.04. The molecule has 0 saturated carbocycles. The average molecular weight is 214 g/mol. The maximum Gasteiger partial charge on any atom is 0.118 e. The van der Waals surface area contributed by atoms with Gasteiger partial charge in [-0.2, -0.15) is 0 Å². The van der Waals surface area contributed by atoms with Crippen LogP contribution in [-0.2, 0) is 11.8 Å². The van der Waals surface area contributed by atoms with Crippen LogP contribution >= 0.6 is 19.6 Å². The molecule has 1 aromatic carbocycles. The first-order valence-electron chi connectivity index (χ1n) is 3.29. The number of benzene rings is 1. The van der Waals surface area contributed by atoms with Gasteiger partial charge in [0.1, 0.15) is 5.75 Å². The Morgan fingerprint density at radius 3 is 2.33 bits per heavy atom. The molecule has 0 atom stereocenters. The summed E-state index contributed by atoms with van der Waals surface area (Å²) in [5.74, 6) is 0.836. The highest BCUT2D eigenvalue weighted by atomic mass is 32.4. The van der Waals surface area contributed by atoms with Gasteiger partial charge in [0.15, 0.2) is 0 Å². The van der Waals surface area contributed by atoms with E-state index >= 15 is 0 Å². The topological polar surface area (TPSA) is 9.23 Å². The summed E-state index contributed by atoms with van der Waals surface area (Å²) < 4.78 is 5.80. The van der Waals surface area contributed by atoms with E-state index in [9.17, 15) is 0 Å². The molecule has 0 spiro atoms. The summed E-state index contributed by atoms with van der Waals surface area (Å²) in [6, 6.07) is 7.59. The van der Waals surface area contributed by atoms with Crippen molar-refractivity contribution in [3.8, 4) is 5.75 Å². The number of hydrogen-bond acceptors (Lipinski definition) is 3. The molecular weight excluding hydrogens is 207 g/mol. The second-order valence-corrected chi connectivity index (χ2v) is 4.01. The summed E-state index contributed by atoms with van der Waals surface area (Å²) in [6.07, 6.45) is 0. The molecule has 0 unspecified atom stereocenters. The molecule has 0 amide bonds. The van der Waals surface area contributed by atoms with Crippen LogP contribution in [0.25, 0.3) is 0 Å². The molecule has 0 heterocycles. The zero-order valence-electron chi connectivity index (χ0n) is 6.48. The molecule has 0 saturated heterocycles. The number of thiocarbonyl (C=S) groups is 1. The van der Waals surface area contributed by atoms with E-state index in [2.05, 4.69) is 0 Å². The summed E-state index contributed by atoms with van der Waals surface area (Å²) in [5, 5.41) is 0. The highest BCUT2D eigenvalue weighted by molar-refractivity contribution is 8.11. The van der Waals surface area contributed by atoms with Crippen LogP contribution in [0.1, 0.15) is 5.56 Å². The van der Waals surface area contributed by atoms with E-state index in [1.807, 2.05) is 24.3 Å². The molecule has 0 aliphatic heterocycles. The Morgan fingerprint density at radius 2 is 1.92 bits per heavy atom. The van der Waals surface area contributed by atoms with Gasteiger partial charge in [-0.15, -0.1) is 0 Å². The lowest BCUT2D eigenvalue weighted by Gasteiger charge is -2.00. The van der Waals surface area contributed by atoms with E-state index in [1.165, 1.54) is 0 Å². The van der Waals surface area contributed by atoms with Crippen LogP contribution < -0.4 is 4.74 Å². The number of hydrogen-bond donors (Lipinski definition) is 0. The van der Waals surface area contributed by atoms with Crippen LogP contribution in [0.2, 0.25) is 0 Å². The molecule has 0 N–H and O–H groups in total. The molecule has 0 aromatic heterocycles. The lowest BCUT2D eigenvalue weighted by atomic mass is 10.2. The zero-order chi connectivity index (χ0) is 8.97. The minimum Gasteiger partial charge on any atom is -0.497 e. The quantitative estimate of drug-likeness (QED) is 0.565. The molecule has 1 nitrogen and oxygen atoms in total. The number of ether oxygens (including phenoxy) is 1. The van der Waals surface area contributed by atoms with Crippen molar-refractivity contribution in [1.82, 2.24) is 0 Å². The Balaban J connectivity index is 2.91. The average Bonchev–Trinajstić information content (AvgIpc) is 2.17. The third-order valence-corrected chi connectivity index (χ3v) is 3.25. The highest BCUT2D eigenvalue weighted by Gasteiger charge is 1.97. The standard InChI is InChI=1S/C8H7OPS2/c1-9-7-4-2-6(3-5-7)8(11)10-12/h2-5H,1H3. The molecule has 1 aromatic rings. The SMILES string of the molecule is COc1ccc(C(=S)P=S)cc1. The fraction of sp³-hybridized carbons (Fsp3) is 0.125. The van der Waals surface area contributed by atoms with Gasteiger partial charge >= 0.3 is 0 Å². The predicted molar refractivity (Wildman–Crippen MR) is 59.0 cm³/mol. The van der Waals surface area contributed by atoms with Crippen molar-refractivity contribution in [2.75, 3.05) is 7.11 Å². The Kier molecular flexibility index (Phi) is 3.73. The van der Waals surface area contributed by atoms with Crippen molar-refractivity contribution >= 4 is 36.0 Å². The van der Waals surface area contributed by atoms with E-state index in [0.29, 0.717) is 0 Å². The smallest absolute Gasteiger partial charge is 0.118 e. The Morgan fingerprint density at radius 1 is 1.33 bits per heavy atom. The van der Waals surface area contributed by atoms with Crippen molar-refractivity contribution in [2.45, 2.75) is 0 Å². The molecule has 12 heavy (non-hydrogen) atoms. The minimum atomic E-state index is 0.723. The van der Waals surface area contributed by atoms with Crippen LogP contribution in [-0.4, -0.2) is 11.7 Å². The van der Waals surface area contributed by atoms with E-state index in [1.54, 1.807) is 7.11 Å². The van der Waals surface area contributed by atoms with Gasteiger partial charge in [-0.05, 0) is 29.8 Å². The van der Waals surface area contributed by atoms with E-state index in [4.69, 9.17) is 28.8 Å². The van der Waals surface area contributed by atoms with Crippen molar-refractivity contribution < 1.29 is 4.74 Å². The van der Waals surface area contributed by atoms with Gasteiger partial charge in [0.05, 0.1) is 11.7 Å². The van der Waals surface area contributed by atoms with Crippen molar-refractivity contribution in [2.24, 2.45) is 0 Å². The molecule has 0 radical (unpaired) electrons. The van der Waals surface area contributed by atoms with Gasteiger partial charge in [0.25, 0.3) is 0 Å². The molecule has 0 aliphatic carbocycles. The van der Waals surface area contributed by atoms with Crippen LogP contribution in [0.15, 0.2) is 24.3 Å². The Bertz CT molecular complexity index is 294. The molecule has 1 rings (SSSR count). The summed E-state index contributed by atoms with van der Waals surface area (Å²) in [7, 11) is 2.36. The van der Waals surface area contributed by atoms with Gasteiger partial charge in [-0.1, -0.05) is 24.0 Å². The Labute approximate surface area is 83.6 Å². The first-order valence-corrected chi connectivity index (χ1v) is 5.61. The van der Waals surface area contributed by atoms with Gasteiger partial charge in [-0.3, -0.25) is 0 Å². The Hall–Kier alpha value is -0.370. The van der Waals surface area contributed by atoms with E-state index in [-0.39, 0.29) is 0 Å². The third-order valence-electron chi connectivity index (χ3n) is 1.42. The molecular formula is C8H7OPS2. The largest absolute Gasteiger partial charge is 0.497 e. The highest BCUT2D eigenvalue weighted by Crippen LogP contribution is 2.15. The molecule has 0 aliphatic rings. The summed E-state index contributed by atoms with van der Waals surface area (Å²) in [6.45, 7) is 0. The van der Waals surface area contributed by atoms with E-state index in [0.717, 1.165) is 23.3 Å². The van der Waals surface area contributed by atoms with Gasteiger partial charge < -0.3 is 4.74 Å². The van der Waals surface area contributed by atoms with Gasteiger partial charge in [-0.25, -0.2) is 0 Å². The third kappa shape index (κ3) is 2.31. The monoisotopic (exact) mass is 214 g/mol. The molecule has 0 fully saturated rings. The summed E-state index contributed by atoms with van der Waals surface area (Å²) >= 11 is 9.86. The van der Waals surface area contributed by atoms with Crippen molar-refractivity contribution in [3.05, 3.63) is 29.8 Å². The number of methoxy groups -OCH3 is 1. The van der Waals surface area contributed by atoms with Crippen molar-refractivity contribution in [3.63, 3.8) is 0 Å². The predicted octanol–water partition coefficient (Wildman–Crippen LogP) is 2.78. The molecule has 0 bridgehead atoms. The zero-order valence-corrected chi connectivity index (χ0v) is 9.01. The van der Waals surface area contributed by atoms with Crippen LogP contribution in [0.4, 0.5) is 0 Å². The summed E-state index contributed by atoms with van der Waals surface area (Å²) in [5.41, 5.74) is 1.00. The van der Waals surface area contributed by atoms with Crippen LogP contribution in [0.5, 0.6) is 5.75 Å². The second kappa shape index (κ2) is 4.61. The molecule has 62 valence electrons. The van der Waals surface area contributed by atoms with Gasteiger partial charge in [0, 0.05) is 7.36 Å². The first kappa shape index (κ1) is 9.72. The number of rotatable bonds is 3. The van der Waals surface area contributed by atoms with Gasteiger partial charge in [0.2, 0.25) is 0 Å². The first-order chi connectivity index (χ1) is 5.77. The van der Waals surface area contributed by atoms with Crippen molar-refractivity contribution in [1.29, 1.82) is 0 Å². The lowest BCUT2D eigenvalue weighted by Crippen LogP contribution is -1.87. The van der Waals surface area contributed by atoms with E-state index < -0.39 is 0 Å². The second-order valence-electron chi connectivity index (χ2n) is 2.12. The minimum absolute atomic E-state index is 0.723. The lowest BCUT2D eigenvalue weighted by molar-refractivity contribution is 0.415. The fourth-order valence-corrected chi connectivity index (χ4v) is 1.49. The summed E-state index contributed by atoms with van der Waals surface area (Å²) in [4.78, 5) is 0. The normalized spacial score (nSPS) is 9.75. The molecule has 4 heteroatoms. The van der Waals surface area contributed by atoms with Crippen LogP contribution in [0, 0.1) is 0 Å². The van der Waals surface area contributed by atoms with Crippen LogP contribution in [0.3, 0.4) is 0 Å². The maximum absolute atomic E-state index is 5.04. The fourth-order valence-electron chi connectivity index (χ4n) is 0.786.